The second-order valence-corrected chi connectivity index (χ2v) is 8.63. The Hall–Kier alpha value is -2.21. The molecule has 3 saturated heterocycles. The lowest BCUT2D eigenvalue weighted by Crippen LogP contribution is -2.50. The topological polar surface area (TPSA) is 41.4 Å². The van der Waals surface area contributed by atoms with Crippen molar-refractivity contribution in [3.8, 4) is 5.69 Å². The zero-order valence-electron chi connectivity index (χ0n) is 16.1. The molecule has 6 heteroatoms. The summed E-state index contributed by atoms with van der Waals surface area (Å²) in [5, 5.41) is 4.32. The highest BCUT2D eigenvalue weighted by molar-refractivity contribution is 5.80. The van der Waals surface area contributed by atoms with Crippen LogP contribution >= 0.6 is 0 Å². The van der Waals surface area contributed by atoms with Crippen molar-refractivity contribution >= 4 is 5.91 Å². The lowest BCUT2D eigenvalue weighted by atomic mass is 9.83. The number of amides is 1. The van der Waals surface area contributed by atoms with Crippen molar-refractivity contribution in [2.75, 3.05) is 19.6 Å². The zero-order chi connectivity index (χ0) is 19.1. The first-order valence-electron chi connectivity index (χ1n) is 10.5. The van der Waals surface area contributed by atoms with Gasteiger partial charge < -0.3 is 4.90 Å². The first kappa shape index (κ1) is 17.9. The Morgan fingerprint density at radius 3 is 2.79 bits per heavy atom. The fourth-order valence-electron chi connectivity index (χ4n) is 5.01. The van der Waals surface area contributed by atoms with Crippen LogP contribution in [-0.4, -0.2) is 51.2 Å². The molecule has 4 heterocycles. The molecule has 28 heavy (non-hydrogen) atoms. The van der Waals surface area contributed by atoms with Crippen LogP contribution in [0, 0.1) is 17.7 Å². The van der Waals surface area contributed by atoms with E-state index in [4.69, 9.17) is 0 Å². The van der Waals surface area contributed by atoms with Crippen molar-refractivity contribution in [3.05, 3.63) is 48.0 Å². The predicted octanol–water partition coefficient (Wildman–Crippen LogP) is 3.23. The third-order valence-corrected chi connectivity index (χ3v) is 6.74. The third kappa shape index (κ3) is 3.34. The number of carbonyl (C=O) groups excluding carboxylic acids is 1. The molecule has 2 atom stereocenters. The number of halogens is 1. The Morgan fingerprint density at radius 2 is 2.04 bits per heavy atom. The van der Waals surface area contributed by atoms with Gasteiger partial charge in [0.05, 0.1) is 11.6 Å². The van der Waals surface area contributed by atoms with Crippen LogP contribution in [0.4, 0.5) is 4.39 Å². The Labute approximate surface area is 165 Å². The molecule has 1 aromatic carbocycles. The van der Waals surface area contributed by atoms with Crippen molar-refractivity contribution in [1.29, 1.82) is 0 Å². The average Bonchev–Trinajstić information content (AvgIpc) is 3.05. The second kappa shape index (κ2) is 7.32. The molecule has 4 fully saturated rings. The number of aromatic nitrogens is 2. The maximum atomic E-state index is 14.0. The van der Waals surface area contributed by atoms with Gasteiger partial charge in [-0.05, 0) is 61.4 Å². The number of nitrogens with zero attached hydrogens (tertiary/aromatic N) is 4. The van der Waals surface area contributed by atoms with Gasteiger partial charge in [-0.2, -0.15) is 5.10 Å². The number of hydrogen-bond acceptors (Lipinski definition) is 3. The number of carbonyl (C=O) groups is 1. The quantitative estimate of drug-likeness (QED) is 0.797. The van der Waals surface area contributed by atoms with Crippen LogP contribution in [0.25, 0.3) is 5.69 Å². The van der Waals surface area contributed by atoms with E-state index in [0.29, 0.717) is 24.4 Å². The molecule has 4 aliphatic rings. The predicted molar refractivity (Wildman–Crippen MR) is 104 cm³/mol. The Bertz CT molecular complexity index is 848. The van der Waals surface area contributed by atoms with Crippen molar-refractivity contribution < 1.29 is 9.18 Å². The summed E-state index contributed by atoms with van der Waals surface area (Å²) in [4.78, 5) is 17.5. The zero-order valence-corrected chi connectivity index (χ0v) is 16.1. The molecule has 2 bridgehead atoms. The minimum atomic E-state index is -0.230. The molecule has 3 aliphatic heterocycles. The molecule has 0 N–H and O–H groups in total. The van der Waals surface area contributed by atoms with Crippen LogP contribution in [0.5, 0.6) is 0 Å². The molecule has 0 spiro atoms. The van der Waals surface area contributed by atoms with Gasteiger partial charge in [0.1, 0.15) is 5.82 Å². The molecular weight excluding hydrogens is 355 g/mol. The highest BCUT2D eigenvalue weighted by Crippen LogP contribution is 2.34. The van der Waals surface area contributed by atoms with E-state index >= 15 is 0 Å². The lowest BCUT2D eigenvalue weighted by Gasteiger charge is -2.40. The second-order valence-electron chi connectivity index (χ2n) is 8.63. The highest BCUT2D eigenvalue weighted by Gasteiger charge is 2.41. The Balaban J connectivity index is 1.37. The molecule has 1 amide bonds. The number of rotatable bonds is 5. The molecule has 1 aliphatic carbocycles. The molecule has 1 aromatic heterocycles. The normalized spacial score (nSPS) is 25.8. The van der Waals surface area contributed by atoms with Gasteiger partial charge in [-0.15, -0.1) is 0 Å². The fraction of sp³-hybridized carbons (Fsp3) is 0.545. The molecule has 5 nitrogen and oxygen atoms in total. The van der Waals surface area contributed by atoms with Crippen molar-refractivity contribution in [3.63, 3.8) is 0 Å². The van der Waals surface area contributed by atoms with E-state index in [9.17, 15) is 9.18 Å². The summed E-state index contributed by atoms with van der Waals surface area (Å²) in [6.07, 6.45) is 9.53. The van der Waals surface area contributed by atoms with E-state index in [2.05, 4.69) is 14.9 Å². The molecule has 148 valence electrons. The number of hydrogen-bond donors (Lipinski definition) is 0. The highest BCUT2D eigenvalue weighted by atomic mass is 19.1. The van der Waals surface area contributed by atoms with Crippen LogP contribution < -0.4 is 0 Å². The van der Waals surface area contributed by atoms with Gasteiger partial charge in [0, 0.05) is 44.6 Å². The number of fused-ring (bicyclic) bond motifs is 4. The summed E-state index contributed by atoms with van der Waals surface area (Å²) in [6.45, 7) is 3.23. The Morgan fingerprint density at radius 1 is 1.14 bits per heavy atom. The van der Waals surface area contributed by atoms with Gasteiger partial charge >= 0.3 is 0 Å². The van der Waals surface area contributed by atoms with Crippen LogP contribution in [0.15, 0.2) is 36.7 Å². The van der Waals surface area contributed by atoms with Crippen LogP contribution in [0.3, 0.4) is 0 Å². The molecule has 0 radical (unpaired) electrons. The first-order chi connectivity index (χ1) is 13.7. The van der Waals surface area contributed by atoms with Crippen molar-refractivity contribution in [1.82, 2.24) is 19.6 Å². The van der Waals surface area contributed by atoms with E-state index in [-0.39, 0.29) is 11.7 Å². The van der Waals surface area contributed by atoms with Crippen molar-refractivity contribution in [2.45, 2.75) is 44.7 Å². The number of benzene rings is 1. The summed E-state index contributed by atoms with van der Waals surface area (Å²) < 4.78 is 15.8. The number of piperidine rings is 1. The largest absolute Gasteiger partial charge is 0.338 e. The molecule has 1 saturated carbocycles. The van der Waals surface area contributed by atoms with E-state index < -0.39 is 0 Å². The minimum Gasteiger partial charge on any atom is -0.338 e. The fourth-order valence-corrected chi connectivity index (χ4v) is 5.01. The maximum absolute atomic E-state index is 14.0. The van der Waals surface area contributed by atoms with Gasteiger partial charge in [0.2, 0.25) is 5.91 Å². The molecule has 6 rings (SSSR count). The minimum absolute atomic E-state index is 0.0838. The molecular formula is C22H27FN4O. The molecule has 2 aromatic rings. The summed E-state index contributed by atoms with van der Waals surface area (Å²) in [5.74, 6) is 0.899. The van der Waals surface area contributed by atoms with Gasteiger partial charge in [-0.1, -0.05) is 6.42 Å². The summed E-state index contributed by atoms with van der Waals surface area (Å²) in [5.41, 5.74) is 1.82. The third-order valence-electron chi connectivity index (χ3n) is 6.74. The van der Waals surface area contributed by atoms with Gasteiger partial charge in [-0.25, -0.2) is 9.07 Å². The van der Waals surface area contributed by atoms with Crippen LogP contribution in [0.1, 0.15) is 37.7 Å². The first-order valence-corrected chi connectivity index (χ1v) is 10.5. The van der Waals surface area contributed by atoms with Gasteiger partial charge in [-0.3, -0.25) is 9.69 Å². The van der Waals surface area contributed by atoms with E-state index in [0.717, 1.165) is 43.7 Å². The maximum Gasteiger partial charge on any atom is 0.227 e. The summed E-state index contributed by atoms with van der Waals surface area (Å²) in [7, 11) is 0. The standard InChI is InChI=1S/C22H27FN4O/c23-19-6-8-21(27-10-2-9-24-27)18(11-19)14-25-13-17-5-7-20(15-25)26(22(17)28)12-16-3-1-4-16/h2,6,8-11,16-17,20H,1,3-5,7,12-15H2/t17-,20+/m0/s1. The molecule has 0 unspecified atom stereocenters. The van der Waals surface area contributed by atoms with E-state index in [1.165, 1.54) is 25.3 Å². The monoisotopic (exact) mass is 382 g/mol. The Kier molecular flexibility index (Phi) is 4.67. The van der Waals surface area contributed by atoms with E-state index in [1.54, 1.807) is 23.0 Å². The van der Waals surface area contributed by atoms with Crippen LogP contribution in [-0.2, 0) is 11.3 Å². The van der Waals surface area contributed by atoms with Gasteiger partial charge in [0.25, 0.3) is 0 Å². The smallest absolute Gasteiger partial charge is 0.227 e. The van der Waals surface area contributed by atoms with E-state index in [1.807, 2.05) is 12.3 Å². The average molecular weight is 382 g/mol. The van der Waals surface area contributed by atoms with Crippen molar-refractivity contribution in [2.24, 2.45) is 11.8 Å². The van der Waals surface area contributed by atoms with Crippen LogP contribution in [0.2, 0.25) is 0 Å². The van der Waals surface area contributed by atoms with Gasteiger partial charge in [0.15, 0.2) is 0 Å². The summed E-state index contributed by atoms with van der Waals surface area (Å²) in [6, 6.07) is 7.05. The SMILES string of the molecule is O=C1[C@H]2CC[C@H](CN(Cc3cc(F)ccc3-n3cccn3)C2)N1CC1CCC1. The lowest BCUT2D eigenvalue weighted by molar-refractivity contribution is -0.141. The summed E-state index contributed by atoms with van der Waals surface area (Å²) >= 11 is 0.